The second kappa shape index (κ2) is 7.00. The Morgan fingerprint density at radius 2 is 1.93 bits per heavy atom. The van der Waals surface area contributed by atoms with Crippen molar-refractivity contribution in [1.29, 1.82) is 0 Å². The van der Waals surface area contributed by atoms with Gasteiger partial charge in [-0.25, -0.2) is 0 Å². The molecule has 140 valence electrons. The molecule has 6 heteroatoms. The summed E-state index contributed by atoms with van der Waals surface area (Å²) >= 11 is 1.45. The van der Waals surface area contributed by atoms with E-state index in [1.807, 2.05) is 35.9 Å². The number of nitrogens with zero attached hydrogens (tertiary/aromatic N) is 4. The molecule has 0 spiro atoms. The lowest BCUT2D eigenvalue weighted by Crippen LogP contribution is -2.06. The third-order valence-corrected chi connectivity index (χ3v) is 6.27. The van der Waals surface area contributed by atoms with Crippen molar-refractivity contribution < 1.29 is 4.79 Å². The van der Waals surface area contributed by atoms with E-state index in [0.717, 1.165) is 33.4 Å². The van der Waals surface area contributed by atoms with Crippen LogP contribution in [0.3, 0.4) is 0 Å². The molecule has 0 bridgehead atoms. The number of thioether (sulfide) groups is 1. The molecule has 3 aromatic rings. The number of ketones is 1. The maximum atomic E-state index is 12.8. The van der Waals surface area contributed by atoms with Gasteiger partial charge in [-0.05, 0) is 45.2 Å². The SMILES string of the molecule is Cc1ccccc1-c1nnc(SCC(=O)c2cc(C)n(C3CC3)c2C)n1C. The molecule has 0 N–H and O–H groups in total. The van der Waals surface area contributed by atoms with Crippen LogP contribution in [0.4, 0.5) is 0 Å². The van der Waals surface area contributed by atoms with Gasteiger partial charge in [0.15, 0.2) is 16.8 Å². The fourth-order valence-corrected chi connectivity index (χ4v) is 4.46. The van der Waals surface area contributed by atoms with Crippen LogP contribution in [0.15, 0.2) is 35.5 Å². The first-order chi connectivity index (χ1) is 13.0. The van der Waals surface area contributed by atoms with Crippen molar-refractivity contribution in [3.8, 4) is 11.4 Å². The number of aromatic nitrogens is 4. The van der Waals surface area contributed by atoms with Crippen molar-refractivity contribution in [3.63, 3.8) is 0 Å². The summed E-state index contributed by atoms with van der Waals surface area (Å²) in [5, 5.41) is 9.40. The van der Waals surface area contributed by atoms with Gasteiger partial charge in [-0.1, -0.05) is 36.0 Å². The normalized spacial score (nSPS) is 13.9. The van der Waals surface area contributed by atoms with Crippen LogP contribution in [0, 0.1) is 20.8 Å². The van der Waals surface area contributed by atoms with Crippen LogP contribution >= 0.6 is 11.8 Å². The molecule has 0 aliphatic heterocycles. The summed E-state index contributed by atoms with van der Waals surface area (Å²) in [6.07, 6.45) is 2.44. The Morgan fingerprint density at radius 1 is 1.19 bits per heavy atom. The van der Waals surface area contributed by atoms with Crippen molar-refractivity contribution in [2.24, 2.45) is 7.05 Å². The first-order valence-electron chi connectivity index (χ1n) is 9.27. The van der Waals surface area contributed by atoms with Crippen molar-refractivity contribution >= 4 is 17.5 Å². The molecule has 0 unspecified atom stereocenters. The van der Waals surface area contributed by atoms with Gasteiger partial charge in [0, 0.05) is 35.6 Å². The molecule has 4 rings (SSSR count). The van der Waals surface area contributed by atoms with E-state index in [4.69, 9.17) is 0 Å². The fourth-order valence-electron chi connectivity index (χ4n) is 3.66. The summed E-state index contributed by atoms with van der Waals surface area (Å²) in [7, 11) is 1.95. The Kier molecular flexibility index (Phi) is 4.68. The monoisotopic (exact) mass is 380 g/mol. The van der Waals surface area contributed by atoms with Crippen LogP contribution in [-0.4, -0.2) is 30.9 Å². The molecular weight excluding hydrogens is 356 g/mol. The van der Waals surface area contributed by atoms with E-state index in [9.17, 15) is 4.79 Å². The number of rotatable bonds is 6. The first kappa shape index (κ1) is 18.0. The van der Waals surface area contributed by atoms with Gasteiger partial charge >= 0.3 is 0 Å². The number of benzene rings is 1. The maximum absolute atomic E-state index is 12.8. The highest BCUT2D eigenvalue weighted by Crippen LogP contribution is 2.38. The molecule has 1 saturated carbocycles. The molecule has 1 aromatic carbocycles. The molecule has 0 saturated heterocycles. The molecule has 0 atom stereocenters. The minimum Gasteiger partial charge on any atom is -0.345 e. The van der Waals surface area contributed by atoms with Gasteiger partial charge < -0.3 is 9.13 Å². The third-order valence-electron chi connectivity index (χ3n) is 5.25. The molecule has 1 fully saturated rings. The second-order valence-corrected chi connectivity index (χ2v) is 8.22. The van der Waals surface area contributed by atoms with E-state index in [-0.39, 0.29) is 5.78 Å². The molecule has 0 amide bonds. The van der Waals surface area contributed by atoms with Crippen LogP contribution in [0.25, 0.3) is 11.4 Å². The number of hydrogen-bond donors (Lipinski definition) is 0. The van der Waals surface area contributed by atoms with E-state index in [1.165, 1.54) is 30.3 Å². The lowest BCUT2D eigenvalue weighted by atomic mass is 10.1. The minimum absolute atomic E-state index is 0.153. The van der Waals surface area contributed by atoms with Crippen LogP contribution in [0.2, 0.25) is 0 Å². The maximum Gasteiger partial charge on any atom is 0.191 e. The lowest BCUT2D eigenvalue weighted by molar-refractivity contribution is 0.102. The summed E-state index contributed by atoms with van der Waals surface area (Å²) in [6, 6.07) is 10.8. The number of Topliss-reactive ketones (excluding diaryl/α,β-unsaturated/α-hetero) is 1. The minimum atomic E-state index is 0.153. The Morgan fingerprint density at radius 3 is 2.63 bits per heavy atom. The fraction of sp³-hybridized carbons (Fsp3) is 0.381. The van der Waals surface area contributed by atoms with Crippen LogP contribution in [0.5, 0.6) is 0 Å². The summed E-state index contributed by atoms with van der Waals surface area (Å²) in [4.78, 5) is 12.8. The molecule has 1 aliphatic rings. The smallest absolute Gasteiger partial charge is 0.191 e. The summed E-state index contributed by atoms with van der Waals surface area (Å²) < 4.78 is 4.28. The third kappa shape index (κ3) is 3.34. The molecule has 0 radical (unpaired) electrons. The van der Waals surface area contributed by atoms with E-state index in [1.54, 1.807) is 0 Å². The lowest BCUT2D eigenvalue weighted by Gasteiger charge is -2.08. The average Bonchev–Trinajstić information content (AvgIpc) is 3.34. The van der Waals surface area contributed by atoms with Crippen molar-refractivity contribution in [2.75, 3.05) is 5.75 Å². The highest BCUT2D eigenvalue weighted by Gasteiger charge is 2.28. The second-order valence-electron chi connectivity index (χ2n) is 7.28. The molecular formula is C21H24N4OS. The Balaban J connectivity index is 1.51. The Hall–Kier alpha value is -2.34. The highest BCUT2D eigenvalue weighted by molar-refractivity contribution is 7.99. The van der Waals surface area contributed by atoms with Crippen molar-refractivity contribution in [2.45, 2.75) is 44.8 Å². The van der Waals surface area contributed by atoms with Gasteiger partial charge in [-0.15, -0.1) is 10.2 Å². The number of aryl methyl sites for hydroxylation is 2. The van der Waals surface area contributed by atoms with Gasteiger partial charge in [0.1, 0.15) is 0 Å². The molecule has 27 heavy (non-hydrogen) atoms. The molecule has 5 nitrogen and oxygen atoms in total. The van der Waals surface area contributed by atoms with E-state index in [2.05, 4.69) is 41.6 Å². The van der Waals surface area contributed by atoms with Gasteiger partial charge in [-0.2, -0.15) is 0 Å². The van der Waals surface area contributed by atoms with Crippen molar-refractivity contribution in [1.82, 2.24) is 19.3 Å². The van der Waals surface area contributed by atoms with Crippen LogP contribution < -0.4 is 0 Å². The van der Waals surface area contributed by atoms with Gasteiger partial charge in [0.25, 0.3) is 0 Å². The predicted octanol–water partition coefficient (Wildman–Crippen LogP) is 4.52. The van der Waals surface area contributed by atoms with Gasteiger partial charge in [0.2, 0.25) is 0 Å². The largest absolute Gasteiger partial charge is 0.345 e. The van der Waals surface area contributed by atoms with Gasteiger partial charge in [0.05, 0.1) is 5.75 Å². The molecule has 2 heterocycles. The number of carbonyl (C=O) groups is 1. The summed E-state index contributed by atoms with van der Waals surface area (Å²) in [5.41, 5.74) is 5.35. The zero-order chi connectivity index (χ0) is 19.1. The summed E-state index contributed by atoms with van der Waals surface area (Å²) in [5.74, 6) is 1.35. The van der Waals surface area contributed by atoms with E-state index >= 15 is 0 Å². The first-order valence-corrected chi connectivity index (χ1v) is 10.3. The molecule has 1 aliphatic carbocycles. The van der Waals surface area contributed by atoms with Crippen molar-refractivity contribution in [3.05, 3.63) is 52.8 Å². The highest BCUT2D eigenvalue weighted by atomic mass is 32.2. The quantitative estimate of drug-likeness (QED) is 0.466. The van der Waals surface area contributed by atoms with Crippen LogP contribution in [-0.2, 0) is 7.05 Å². The predicted molar refractivity (Wildman–Crippen MR) is 108 cm³/mol. The van der Waals surface area contributed by atoms with Gasteiger partial charge in [-0.3, -0.25) is 4.79 Å². The number of hydrogen-bond acceptors (Lipinski definition) is 4. The zero-order valence-electron chi connectivity index (χ0n) is 16.2. The topological polar surface area (TPSA) is 52.7 Å². The average molecular weight is 381 g/mol. The Bertz CT molecular complexity index is 1010. The molecule has 2 aromatic heterocycles. The zero-order valence-corrected chi connectivity index (χ0v) is 17.0. The van der Waals surface area contributed by atoms with E-state index in [0.29, 0.717) is 11.8 Å². The standard InChI is InChI=1S/C21H24N4OS/c1-13-7-5-6-8-17(13)20-22-23-21(24(20)4)27-12-19(26)18-11-14(2)25(15(18)3)16-9-10-16/h5-8,11,16H,9-10,12H2,1-4H3. The van der Waals surface area contributed by atoms with E-state index < -0.39 is 0 Å². The summed E-state index contributed by atoms with van der Waals surface area (Å²) in [6.45, 7) is 6.21. The number of carbonyl (C=O) groups excluding carboxylic acids is 1. The van der Waals surface area contributed by atoms with Crippen LogP contribution in [0.1, 0.15) is 46.2 Å². The Labute approximate surface area is 163 Å².